The molecule has 1 atom stereocenters. The molecule has 7 heteroatoms. The van der Waals surface area contributed by atoms with Crippen molar-refractivity contribution in [3.05, 3.63) is 60.2 Å². The van der Waals surface area contributed by atoms with Crippen LogP contribution in [-0.2, 0) is 9.53 Å². The molecule has 0 heterocycles. The van der Waals surface area contributed by atoms with E-state index in [0.717, 1.165) is 5.75 Å². The lowest BCUT2D eigenvalue weighted by atomic mass is 10.2. The summed E-state index contributed by atoms with van der Waals surface area (Å²) in [5.41, 5.74) is 0.486. The van der Waals surface area contributed by atoms with Crippen LogP contribution in [0.1, 0.15) is 24.2 Å². The Labute approximate surface area is 170 Å². The molecule has 29 heavy (non-hydrogen) atoms. The number of ether oxygens (including phenoxy) is 3. The molecule has 2 aromatic rings. The minimum absolute atomic E-state index is 0.00213. The third-order valence-corrected chi connectivity index (χ3v) is 3.79. The van der Waals surface area contributed by atoms with Crippen molar-refractivity contribution >= 4 is 11.9 Å². The zero-order valence-electron chi connectivity index (χ0n) is 16.7. The van der Waals surface area contributed by atoms with Crippen molar-refractivity contribution in [1.82, 2.24) is 5.32 Å². The first-order valence-electron chi connectivity index (χ1n) is 9.47. The highest BCUT2D eigenvalue weighted by molar-refractivity contribution is 5.94. The van der Waals surface area contributed by atoms with Crippen molar-refractivity contribution in [3.63, 3.8) is 0 Å². The molecule has 0 bridgehead atoms. The number of rotatable bonds is 11. The van der Waals surface area contributed by atoms with Gasteiger partial charge in [-0.15, -0.1) is 0 Å². The Bertz CT molecular complexity index is 761. The van der Waals surface area contributed by atoms with Crippen LogP contribution in [0.15, 0.2) is 54.6 Å². The topological polar surface area (TPSA) is 94.1 Å². The van der Waals surface area contributed by atoms with Crippen molar-refractivity contribution in [1.29, 1.82) is 0 Å². The zero-order chi connectivity index (χ0) is 21.1. The quantitative estimate of drug-likeness (QED) is 0.562. The van der Waals surface area contributed by atoms with Gasteiger partial charge in [-0.3, -0.25) is 4.79 Å². The molecule has 0 saturated carbocycles. The number of hydrogen-bond acceptors (Lipinski definition) is 6. The van der Waals surface area contributed by atoms with E-state index in [1.54, 1.807) is 54.6 Å². The first kappa shape index (κ1) is 22.2. The summed E-state index contributed by atoms with van der Waals surface area (Å²) < 4.78 is 16.1. The molecule has 2 N–H and O–H groups in total. The maximum Gasteiger partial charge on any atom is 0.344 e. The summed E-state index contributed by atoms with van der Waals surface area (Å²) >= 11 is 0. The summed E-state index contributed by atoms with van der Waals surface area (Å²) in [4.78, 5) is 24.0. The summed E-state index contributed by atoms with van der Waals surface area (Å²) in [6.07, 6.45) is -0.856. The number of nitrogens with one attached hydrogen (secondary N) is 1. The predicted octanol–water partition coefficient (Wildman–Crippen LogP) is 2.43. The number of hydrogen-bond donors (Lipinski definition) is 2. The molecular weight excluding hydrogens is 374 g/mol. The van der Waals surface area contributed by atoms with Gasteiger partial charge in [0.25, 0.3) is 5.91 Å². The van der Waals surface area contributed by atoms with Crippen LogP contribution in [0.5, 0.6) is 11.5 Å². The largest absolute Gasteiger partial charge is 0.493 e. The number of aliphatic hydroxyl groups is 1. The van der Waals surface area contributed by atoms with E-state index in [-0.39, 0.29) is 19.1 Å². The second-order valence-corrected chi connectivity index (χ2v) is 6.84. The zero-order valence-corrected chi connectivity index (χ0v) is 16.7. The highest BCUT2D eigenvalue weighted by atomic mass is 16.6. The van der Waals surface area contributed by atoms with E-state index in [4.69, 9.17) is 14.2 Å². The standard InChI is InChI=1S/C22H27NO6/c1-16(2)14-27-18-8-10-19(11-9-18)28-15-21(25)29-20(13-24)12-23-22(26)17-6-4-3-5-7-17/h3-11,16,20,24H,12-15H2,1-2H3,(H,23,26). The van der Waals surface area contributed by atoms with Crippen LogP contribution in [0, 0.1) is 5.92 Å². The van der Waals surface area contributed by atoms with E-state index in [2.05, 4.69) is 19.2 Å². The minimum atomic E-state index is -0.856. The van der Waals surface area contributed by atoms with Crippen molar-refractivity contribution in [2.24, 2.45) is 5.92 Å². The van der Waals surface area contributed by atoms with Crippen molar-refractivity contribution < 1.29 is 28.9 Å². The number of carbonyl (C=O) groups excluding carboxylic acids is 2. The first-order valence-corrected chi connectivity index (χ1v) is 9.47. The molecule has 0 spiro atoms. The monoisotopic (exact) mass is 401 g/mol. The average Bonchev–Trinajstić information content (AvgIpc) is 2.74. The van der Waals surface area contributed by atoms with Crippen molar-refractivity contribution in [2.45, 2.75) is 20.0 Å². The molecule has 2 rings (SSSR count). The van der Waals surface area contributed by atoms with Crippen LogP contribution in [0.2, 0.25) is 0 Å². The van der Waals surface area contributed by atoms with E-state index >= 15 is 0 Å². The van der Waals surface area contributed by atoms with E-state index in [1.165, 1.54) is 0 Å². The van der Waals surface area contributed by atoms with Gasteiger partial charge in [0.15, 0.2) is 6.61 Å². The van der Waals surface area contributed by atoms with Gasteiger partial charge in [0.05, 0.1) is 19.8 Å². The fraction of sp³-hybridized carbons (Fsp3) is 0.364. The average molecular weight is 401 g/mol. The Kier molecular flexibility index (Phi) is 8.98. The van der Waals surface area contributed by atoms with Crippen LogP contribution in [-0.4, -0.2) is 49.5 Å². The minimum Gasteiger partial charge on any atom is -0.493 e. The predicted molar refractivity (Wildman–Crippen MR) is 108 cm³/mol. The summed E-state index contributed by atoms with van der Waals surface area (Å²) in [5, 5.41) is 12.0. The van der Waals surface area contributed by atoms with E-state index in [9.17, 15) is 14.7 Å². The molecule has 0 aliphatic carbocycles. The molecule has 0 aromatic heterocycles. The molecule has 0 aliphatic rings. The van der Waals surface area contributed by atoms with Crippen molar-refractivity contribution in [3.8, 4) is 11.5 Å². The Morgan fingerprint density at radius 2 is 1.59 bits per heavy atom. The Hall–Kier alpha value is -3.06. The lowest BCUT2D eigenvalue weighted by Gasteiger charge is -2.16. The number of amides is 1. The third-order valence-electron chi connectivity index (χ3n) is 3.79. The molecule has 1 unspecified atom stereocenters. The number of benzene rings is 2. The summed E-state index contributed by atoms with van der Waals surface area (Å²) in [6, 6.07) is 15.6. The molecule has 0 aliphatic heterocycles. The molecule has 0 saturated heterocycles. The highest BCUT2D eigenvalue weighted by Gasteiger charge is 2.16. The second-order valence-electron chi connectivity index (χ2n) is 6.84. The SMILES string of the molecule is CC(C)COc1ccc(OCC(=O)OC(CO)CNC(=O)c2ccccc2)cc1. The van der Waals surface area contributed by atoms with Crippen LogP contribution in [0.25, 0.3) is 0 Å². The van der Waals surface area contributed by atoms with Gasteiger partial charge in [-0.25, -0.2) is 4.79 Å². The van der Waals surface area contributed by atoms with E-state index in [1.807, 2.05) is 0 Å². The van der Waals surface area contributed by atoms with Gasteiger partial charge in [0.2, 0.25) is 0 Å². The Balaban J connectivity index is 1.73. The van der Waals surface area contributed by atoms with Gasteiger partial charge in [0.1, 0.15) is 17.6 Å². The lowest BCUT2D eigenvalue weighted by Crippen LogP contribution is -2.37. The maximum absolute atomic E-state index is 12.0. The summed E-state index contributed by atoms with van der Waals surface area (Å²) in [5.74, 6) is 0.701. The molecule has 0 radical (unpaired) electrons. The van der Waals surface area contributed by atoms with E-state index in [0.29, 0.717) is 23.8 Å². The molecule has 2 aromatic carbocycles. The number of carbonyl (C=O) groups is 2. The molecule has 156 valence electrons. The molecule has 7 nitrogen and oxygen atoms in total. The number of esters is 1. The fourth-order valence-corrected chi connectivity index (χ4v) is 2.30. The number of aliphatic hydroxyl groups excluding tert-OH is 1. The molecule has 1 amide bonds. The summed E-state index contributed by atoms with van der Waals surface area (Å²) in [7, 11) is 0. The van der Waals surface area contributed by atoms with Gasteiger partial charge in [0, 0.05) is 5.56 Å². The smallest absolute Gasteiger partial charge is 0.344 e. The lowest BCUT2D eigenvalue weighted by molar-refractivity contribution is -0.153. The van der Waals surface area contributed by atoms with Gasteiger partial charge in [-0.1, -0.05) is 32.0 Å². The first-order chi connectivity index (χ1) is 14.0. The third kappa shape index (κ3) is 8.23. The van der Waals surface area contributed by atoms with Gasteiger partial charge >= 0.3 is 5.97 Å². The molecular formula is C22H27NO6. The van der Waals surface area contributed by atoms with E-state index < -0.39 is 18.7 Å². The van der Waals surface area contributed by atoms with Crippen LogP contribution in [0.3, 0.4) is 0 Å². The normalized spacial score (nSPS) is 11.6. The van der Waals surface area contributed by atoms with Crippen LogP contribution in [0.4, 0.5) is 0 Å². The fourth-order valence-electron chi connectivity index (χ4n) is 2.30. The van der Waals surface area contributed by atoms with Gasteiger partial charge in [-0.2, -0.15) is 0 Å². The Morgan fingerprint density at radius 1 is 0.966 bits per heavy atom. The second kappa shape index (κ2) is 11.7. The highest BCUT2D eigenvalue weighted by Crippen LogP contribution is 2.18. The van der Waals surface area contributed by atoms with Crippen LogP contribution < -0.4 is 14.8 Å². The Morgan fingerprint density at radius 3 is 2.17 bits per heavy atom. The summed E-state index contributed by atoms with van der Waals surface area (Å²) in [6.45, 7) is 4.03. The van der Waals surface area contributed by atoms with Gasteiger partial charge in [-0.05, 0) is 42.3 Å². The van der Waals surface area contributed by atoms with Crippen LogP contribution >= 0.6 is 0 Å². The van der Waals surface area contributed by atoms with Crippen molar-refractivity contribution in [2.75, 3.05) is 26.4 Å². The van der Waals surface area contributed by atoms with Gasteiger partial charge < -0.3 is 24.6 Å². The molecule has 0 fully saturated rings. The maximum atomic E-state index is 12.0.